The molecule has 0 spiro atoms. The van der Waals surface area contributed by atoms with E-state index in [0.717, 1.165) is 57.7 Å². The van der Waals surface area contributed by atoms with E-state index < -0.39 is 11.9 Å². The second kappa shape index (κ2) is 11.2. The average Bonchev–Trinajstić information content (AvgIpc) is 3.35. The van der Waals surface area contributed by atoms with Crippen LogP contribution in [0.1, 0.15) is 48.6 Å². The highest BCUT2D eigenvalue weighted by Crippen LogP contribution is 2.59. The Morgan fingerprint density at radius 2 is 1.55 bits per heavy atom. The van der Waals surface area contributed by atoms with E-state index >= 15 is 0 Å². The lowest BCUT2D eigenvalue weighted by molar-refractivity contribution is -0.000337. The van der Waals surface area contributed by atoms with Crippen molar-refractivity contribution < 1.29 is 24.1 Å². The summed E-state index contributed by atoms with van der Waals surface area (Å²) in [5.74, 6) is 2.24. The molecule has 6 heteroatoms. The van der Waals surface area contributed by atoms with Crippen LogP contribution in [0.2, 0.25) is 0 Å². The summed E-state index contributed by atoms with van der Waals surface area (Å²) in [5.41, 5.74) is 8.09. The molecule has 8 rings (SSSR count). The molecule has 2 atom stereocenters. The minimum atomic E-state index is -0.912. The Bertz CT molecular complexity index is 2010. The molecule has 1 N–H and O–H groups in total. The fraction of sp³-hybridized carbons (Fsp3) is 0.268. The van der Waals surface area contributed by atoms with E-state index in [1.54, 1.807) is 14.0 Å². The molecule has 5 aromatic carbocycles. The zero-order chi connectivity index (χ0) is 32.3. The molecule has 1 fully saturated rings. The zero-order valence-corrected chi connectivity index (χ0v) is 27.2. The van der Waals surface area contributed by atoms with E-state index in [2.05, 4.69) is 79.4 Å². The lowest BCUT2D eigenvalue weighted by atomic mass is 9.76. The Kier molecular flexibility index (Phi) is 7.05. The van der Waals surface area contributed by atoms with Crippen molar-refractivity contribution in [3.8, 4) is 28.4 Å². The van der Waals surface area contributed by atoms with Gasteiger partial charge in [-0.05, 0) is 64.9 Å². The Hall–Kier alpha value is -4.78. The highest BCUT2D eigenvalue weighted by atomic mass is 16.6. The summed E-state index contributed by atoms with van der Waals surface area (Å²) in [5, 5.41) is 12.0. The Balaban J connectivity index is 1.42. The lowest BCUT2D eigenvalue weighted by Crippen LogP contribution is -2.36. The number of aliphatic hydroxyl groups is 1. The van der Waals surface area contributed by atoms with Crippen molar-refractivity contribution in [1.29, 1.82) is 0 Å². The molecular weight excluding hydrogens is 586 g/mol. The highest BCUT2D eigenvalue weighted by Gasteiger charge is 2.44. The fourth-order valence-corrected chi connectivity index (χ4v) is 7.82. The minimum absolute atomic E-state index is 0.246. The van der Waals surface area contributed by atoms with Gasteiger partial charge in [0.1, 0.15) is 17.2 Å². The van der Waals surface area contributed by atoms with Crippen LogP contribution in [0.5, 0.6) is 17.2 Å². The molecular formula is C41H39NO5. The predicted molar refractivity (Wildman–Crippen MR) is 187 cm³/mol. The monoisotopic (exact) mass is 625 g/mol. The molecule has 0 radical (unpaired) electrons. The molecule has 6 nitrogen and oxygen atoms in total. The topological polar surface area (TPSA) is 60.4 Å². The van der Waals surface area contributed by atoms with Crippen molar-refractivity contribution in [2.75, 3.05) is 38.3 Å². The number of hydrogen-bond donors (Lipinski definition) is 1. The third-order valence-corrected chi connectivity index (χ3v) is 9.98. The van der Waals surface area contributed by atoms with Gasteiger partial charge in [0.05, 0.1) is 26.0 Å². The van der Waals surface area contributed by atoms with Gasteiger partial charge in [0.25, 0.3) is 0 Å². The molecule has 0 amide bonds. The van der Waals surface area contributed by atoms with Crippen LogP contribution in [0, 0.1) is 0 Å². The average molecular weight is 626 g/mol. The van der Waals surface area contributed by atoms with Gasteiger partial charge in [-0.15, -0.1) is 0 Å². The van der Waals surface area contributed by atoms with Crippen LogP contribution in [0.25, 0.3) is 28.0 Å². The second-order valence-corrected chi connectivity index (χ2v) is 13.1. The molecule has 47 heavy (non-hydrogen) atoms. The molecule has 5 aromatic rings. The number of ether oxygens (including phenoxy) is 4. The summed E-state index contributed by atoms with van der Waals surface area (Å²) in [7, 11) is 1.75. The van der Waals surface area contributed by atoms with Gasteiger partial charge in [0.2, 0.25) is 0 Å². The standard InChI is InChI=1S/C41H39NO5/c1-26(43)46-29-16-14-28(15-17-29)41(27-10-6-5-7-11-27)19-18-31-38-37(30-12-8-9-13-34(30)40(38,2)3)32-24-35(42-20-22-45-23-21-42)36(44-4)25-33(32)39(31)47-41/h5-19,24-26,43H,20-23H2,1-4H3. The van der Waals surface area contributed by atoms with Crippen molar-refractivity contribution >= 4 is 22.5 Å². The third kappa shape index (κ3) is 4.61. The maximum absolute atomic E-state index is 9.81. The Morgan fingerprint density at radius 1 is 0.851 bits per heavy atom. The van der Waals surface area contributed by atoms with Gasteiger partial charge in [-0.1, -0.05) is 86.7 Å². The number of aliphatic hydroxyl groups excluding tert-OH is 1. The van der Waals surface area contributed by atoms with Gasteiger partial charge >= 0.3 is 0 Å². The number of rotatable bonds is 6. The van der Waals surface area contributed by atoms with Gasteiger partial charge in [0.15, 0.2) is 11.9 Å². The SMILES string of the molecule is COc1cc2c3c(c4c(c2cc1N1CCOCC1)-c1ccccc1C4(C)C)C=CC(c1ccccc1)(c1ccc(OC(C)O)cc1)O3. The number of methoxy groups -OCH3 is 1. The lowest BCUT2D eigenvalue weighted by Gasteiger charge is -2.39. The van der Waals surface area contributed by atoms with Crippen LogP contribution in [0.4, 0.5) is 5.69 Å². The summed E-state index contributed by atoms with van der Waals surface area (Å²) in [6.07, 6.45) is 3.56. The number of nitrogens with zero attached hydrogens (tertiary/aromatic N) is 1. The van der Waals surface area contributed by atoms with Crippen molar-refractivity contribution in [1.82, 2.24) is 0 Å². The van der Waals surface area contributed by atoms with E-state index in [9.17, 15) is 5.11 Å². The smallest absolute Gasteiger partial charge is 0.194 e. The molecule has 3 aliphatic rings. The first kappa shape index (κ1) is 29.6. The highest BCUT2D eigenvalue weighted by molar-refractivity contribution is 6.10. The number of morpholine rings is 1. The van der Waals surface area contributed by atoms with Crippen LogP contribution in [0.15, 0.2) is 97.1 Å². The quantitative estimate of drug-likeness (QED) is 0.193. The summed E-state index contributed by atoms with van der Waals surface area (Å²) < 4.78 is 24.8. The normalized spacial score (nSPS) is 19.8. The van der Waals surface area contributed by atoms with Crippen LogP contribution >= 0.6 is 0 Å². The van der Waals surface area contributed by atoms with E-state index in [0.29, 0.717) is 19.0 Å². The molecule has 0 saturated carbocycles. The van der Waals surface area contributed by atoms with Crippen LogP contribution in [-0.4, -0.2) is 44.8 Å². The molecule has 1 aliphatic carbocycles. The fourth-order valence-electron chi connectivity index (χ4n) is 7.82. The minimum Gasteiger partial charge on any atom is -0.495 e. The van der Waals surface area contributed by atoms with Crippen molar-refractivity contribution in [3.05, 3.63) is 125 Å². The molecule has 1 saturated heterocycles. The van der Waals surface area contributed by atoms with Gasteiger partial charge < -0.3 is 29.0 Å². The van der Waals surface area contributed by atoms with Crippen LogP contribution < -0.4 is 19.1 Å². The Morgan fingerprint density at radius 3 is 2.28 bits per heavy atom. The number of hydrogen-bond acceptors (Lipinski definition) is 6. The summed E-state index contributed by atoms with van der Waals surface area (Å²) in [6, 6.07) is 31.4. The Labute approximate surface area is 275 Å². The first-order chi connectivity index (χ1) is 22.8. The number of fused-ring (bicyclic) bond motifs is 8. The molecule has 0 aromatic heterocycles. The number of benzene rings is 5. The first-order valence-corrected chi connectivity index (χ1v) is 16.4. The van der Waals surface area contributed by atoms with Crippen LogP contribution in [-0.2, 0) is 15.8 Å². The summed E-state index contributed by atoms with van der Waals surface area (Å²) >= 11 is 0. The van der Waals surface area contributed by atoms with E-state index in [1.165, 1.54) is 22.3 Å². The van der Waals surface area contributed by atoms with Gasteiger partial charge in [0, 0.05) is 40.6 Å². The maximum Gasteiger partial charge on any atom is 0.194 e. The van der Waals surface area contributed by atoms with Crippen molar-refractivity contribution in [3.63, 3.8) is 0 Å². The summed E-state index contributed by atoms with van der Waals surface area (Å²) in [4.78, 5) is 2.37. The van der Waals surface area contributed by atoms with E-state index in [1.807, 2.05) is 42.5 Å². The number of anilines is 1. The van der Waals surface area contributed by atoms with Gasteiger partial charge in [-0.25, -0.2) is 0 Å². The molecule has 0 bridgehead atoms. The third-order valence-electron chi connectivity index (χ3n) is 9.98. The van der Waals surface area contributed by atoms with E-state index in [-0.39, 0.29) is 5.41 Å². The van der Waals surface area contributed by atoms with Crippen LogP contribution in [0.3, 0.4) is 0 Å². The molecule has 2 heterocycles. The molecule has 2 aliphatic heterocycles. The van der Waals surface area contributed by atoms with Crippen molar-refractivity contribution in [2.24, 2.45) is 0 Å². The zero-order valence-electron chi connectivity index (χ0n) is 27.2. The largest absolute Gasteiger partial charge is 0.495 e. The van der Waals surface area contributed by atoms with Gasteiger partial charge in [-0.2, -0.15) is 0 Å². The molecule has 238 valence electrons. The van der Waals surface area contributed by atoms with Crippen molar-refractivity contribution in [2.45, 2.75) is 38.1 Å². The second-order valence-electron chi connectivity index (χ2n) is 13.1. The van der Waals surface area contributed by atoms with E-state index in [4.69, 9.17) is 18.9 Å². The maximum atomic E-state index is 9.81. The van der Waals surface area contributed by atoms with Gasteiger partial charge in [-0.3, -0.25) is 0 Å². The first-order valence-electron chi connectivity index (χ1n) is 16.4. The molecule has 2 unspecified atom stereocenters. The summed E-state index contributed by atoms with van der Waals surface area (Å²) in [6.45, 7) is 9.24. The predicted octanol–water partition coefficient (Wildman–Crippen LogP) is 8.06.